The van der Waals surface area contributed by atoms with Crippen LogP contribution in [0.1, 0.15) is 91.9 Å². The van der Waals surface area contributed by atoms with Gasteiger partial charge in [-0.15, -0.1) is 0 Å². The lowest BCUT2D eigenvalue weighted by Gasteiger charge is -2.37. The van der Waals surface area contributed by atoms with Crippen LogP contribution in [0.25, 0.3) is 0 Å². The summed E-state index contributed by atoms with van der Waals surface area (Å²) in [5.74, 6) is 1.13. The Morgan fingerprint density at radius 2 is 1.50 bits per heavy atom. The van der Waals surface area contributed by atoms with Crippen molar-refractivity contribution in [2.75, 3.05) is 6.61 Å². The van der Waals surface area contributed by atoms with Crippen molar-refractivity contribution in [1.82, 2.24) is 0 Å². The predicted molar refractivity (Wildman–Crippen MR) is 161 cm³/mol. The van der Waals surface area contributed by atoms with Gasteiger partial charge in [-0.05, 0) is 82.3 Å². The van der Waals surface area contributed by atoms with Gasteiger partial charge in [-0.2, -0.15) is 5.26 Å². The quantitative estimate of drug-likeness (QED) is 0.132. The summed E-state index contributed by atoms with van der Waals surface area (Å²) in [5, 5.41) is 19.7. The molecule has 0 aromatic heterocycles. The van der Waals surface area contributed by atoms with Crippen LogP contribution in [0.15, 0.2) is 31.7 Å². The molecule has 1 aromatic rings. The van der Waals surface area contributed by atoms with Gasteiger partial charge in [0.15, 0.2) is 5.57 Å². The first-order valence-corrected chi connectivity index (χ1v) is 16.6. The van der Waals surface area contributed by atoms with Crippen LogP contribution in [-0.2, 0) is 19.1 Å². The summed E-state index contributed by atoms with van der Waals surface area (Å²) in [5.41, 5.74) is -1.22. The first-order valence-electron chi connectivity index (χ1n) is 15.0. The number of rotatable bonds is 9. The maximum Gasteiger partial charge on any atom is 0.350 e. The molecule has 0 unspecified atom stereocenters. The van der Waals surface area contributed by atoms with Gasteiger partial charge in [-0.25, -0.2) is 4.79 Å². The van der Waals surface area contributed by atoms with Crippen LogP contribution >= 0.6 is 23.5 Å². The number of benzene rings is 1. The Balaban J connectivity index is 1.45. The van der Waals surface area contributed by atoms with Gasteiger partial charge in [0, 0.05) is 13.3 Å². The topological polar surface area (TPSA) is 123 Å². The second-order valence-electron chi connectivity index (χ2n) is 12.2. The van der Waals surface area contributed by atoms with E-state index in [0.29, 0.717) is 25.7 Å². The van der Waals surface area contributed by atoms with Crippen LogP contribution in [0.5, 0.6) is 11.5 Å². The van der Waals surface area contributed by atoms with Crippen LogP contribution in [0.3, 0.4) is 0 Å². The van der Waals surface area contributed by atoms with Crippen LogP contribution in [-0.4, -0.2) is 35.2 Å². The maximum absolute atomic E-state index is 13.3. The van der Waals surface area contributed by atoms with E-state index in [1.165, 1.54) is 39.0 Å². The number of nitriles is 1. The van der Waals surface area contributed by atoms with Gasteiger partial charge in [0.1, 0.15) is 17.6 Å². The Labute approximate surface area is 256 Å². The van der Waals surface area contributed by atoms with Crippen LogP contribution < -0.4 is 9.47 Å². The molecule has 3 aliphatic rings. The molecule has 42 heavy (non-hydrogen) atoms. The van der Waals surface area contributed by atoms with Crippen LogP contribution in [0.4, 0.5) is 0 Å². The highest BCUT2D eigenvalue weighted by molar-refractivity contribution is 8.24. The van der Waals surface area contributed by atoms with Crippen molar-refractivity contribution in [3.8, 4) is 17.6 Å². The largest absolute Gasteiger partial charge is 0.461 e. The lowest BCUT2D eigenvalue weighted by molar-refractivity contribution is -0.141. The summed E-state index contributed by atoms with van der Waals surface area (Å²) in [6.45, 7) is 6.73. The fourth-order valence-corrected chi connectivity index (χ4v) is 8.63. The molecule has 1 aliphatic heterocycles. The highest BCUT2D eigenvalue weighted by Gasteiger charge is 2.36. The van der Waals surface area contributed by atoms with E-state index >= 15 is 0 Å². The average molecular weight is 616 g/mol. The number of esters is 3. The van der Waals surface area contributed by atoms with Gasteiger partial charge >= 0.3 is 17.9 Å². The minimum absolute atomic E-state index is 0.0487. The monoisotopic (exact) mass is 615 g/mol. The van der Waals surface area contributed by atoms with Gasteiger partial charge in [0.25, 0.3) is 0 Å². The van der Waals surface area contributed by atoms with Crippen molar-refractivity contribution in [2.45, 2.75) is 107 Å². The standard InChI is InChI=1S/C32H41NO7S2/c1-5-20-6-8-21(9-7-20)22-10-12-23(13-11-22)29(35)40-26-15-14-25(39-19(2)34)27-28(26)42-31(41-27)24(18-33)30(36)38-17-16-32(3,4)37/h14-15,20-23,37H,5-13,16-17H2,1-4H3/b31-24-. The molecule has 2 saturated carbocycles. The molecular formula is C32H41NO7S2. The van der Waals surface area contributed by atoms with E-state index < -0.39 is 17.5 Å². The lowest BCUT2D eigenvalue weighted by Crippen LogP contribution is -2.30. The summed E-state index contributed by atoms with van der Waals surface area (Å²) in [7, 11) is 0. The fourth-order valence-electron chi connectivity index (χ4n) is 6.07. The fraction of sp³-hybridized carbons (Fsp3) is 0.625. The Kier molecular flexibility index (Phi) is 11.1. The number of carbonyl (C=O) groups excluding carboxylic acids is 3. The molecule has 1 aromatic carbocycles. The normalized spacial score (nSPS) is 25.1. The highest BCUT2D eigenvalue weighted by Crippen LogP contribution is 2.59. The Morgan fingerprint density at radius 1 is 0.952 bits per heavy atom. The molecule has 0 radical (unpaired) electrons. The number of hydrogen-bond acceptors (Lipinski definition) is 10. The van der Waals surface area contributed by atoms with Crippen molar-refractivity contribution in [3.05, 3.63) is 21.9 Å². The number of aliphatic hydroxyl groups is 1. The summed E-state index contributed by atoms with van der Waals surface area (Å²) < 4.78 is 16.9. The average Bonchev–Trinajstić information content (AvgIpc) is 3.40. The van der Waals surface area contributed by atoms with E-state index in [2.05, 4.69) is 6.92 Å². The zero-order valence-corrected chi connectivity index (χ0v) is 26.5. The number of hydrogen-bond donors (Lipinski definition) is 1. The van der Waals surface area contributed by atoms with Crippen molar-refractivity contribution in [1.29, 1.82) is 5.26 Å². The van der Waals surface area contributed by atoms with Gasteiger partial charge in [0.05, 0.1) is 32.2 Å². The second kappa shape index (κ2) is 14.3. The summed E-state index contributed by atoms with van der Waals surface area (Å²) in [6.07, 6.45) is 10.5. The number of thioether (sulfide) groups is 2. The molecule has 0 saturated heterocycles. The maximum atomic E-state index is 13.3. The number of carbonyl (C=O) groups is 3. The predicted octanol–water partition coefficient (Wildman–Crippen LogP) is 7.18. The third-order valence-electron chi connectivity index (χ3n) is 8.60. The zero-order chi connectivity index (χ0) is 30.4. The smallest absolute Gasteiger partial charge is 0.350 e. The van der Waals surface area contributed by atoms with Crippen LogP contribution in [0.2, 0.25) is 0 Å². The molecule has 10 heteroatoms. The molecule has 1 heterocycles. The lowest BCUT2D eigenvalue weighted by atomic mass is 9.69. The van der Waals surface area contributed by atoms with Crippen molar-refractivity contribution in [2.24, 2.45) is 23.7 Å². The van der Waals surface area contributed by atoms with E-state index in [4.69, 9.17) is 14.2 Å². The third kappa shape index (κ3) is 8.33. The van der Waals surface area contributed by atoms with Gasteiger partial charge in [-0.3, -0.25) is 9.59 Å². The Bertz CT molecular complexity index is 1250. The first kappa shape index (κ1) is 32.4. The van der Waals surface area contributed by atoms with Gasteiger partial charge < -0.3 is 19.3 Å². The van der Waals surface area contributed by atoms with Crippen molar-refractivity contribution < 1.29 is 33.7 Å². The van der Waals surface area contributed by atoms with E-state index in [1.54, 1.807) is 26.0 Å². The van der Waals surface area contributed by atoms with E-state index in [9.17, 15) is 24.8 Å². The molecule has 0 atom stereocenters. The minimum atomic E-state index is -1.02. The summed E-state index contributed by atoms with van der Waals surface area (Å²) >= 11 is 2.22. The van der Waals surface area contributed by atoms with Crippen LogP contribution in [0, 0.1) is 35.0 Å². The molecule has 4 rings (SSSR count). The Morgan fingerprint density at radius 3 is 2.00 bits per heavy atom. The molecule has 0 amide bonds. The van der Waals surface area contributed by atoms with Crippen molar-refractivity contribution >= 4 is 41.4 Å². The SMILES string of the molecule is CCC1CCC(C2CCC(C(=O)Oc3ccc(OC(C)=O)c4c3S/C(=C(/C#N)C(=O)OCCC(C)(C)O)S4)CC2)CC1. The second-order valence-corrected chi connectivity index (χ2v) is 14.5. The molecule has 0 bridgehead atoms. The number of ether oxygens (including phenoxy) is 3. The first-order chi connectivity index (χ1) is 20.0. The highest BCUT2D eigenvalue weighted by atomic mass is 32.2. The van der Waals surface area contributed by atoms with E-state index in [0.717, 1.165) is 61.0 Å². The molecule has 8 nitrogen and oxygen atoms in total. The van der Waals surface area contributed by atoms with Gasteiger partial charge in [0.2, 0.25) is 0 Å². The molecule has 2 fully saturated rings. The minimum Gasteiger partial charge on any atom is -0.461 e. The molecule has 228 valence electrons. The molecule has 1 N–H and O–H groups in total. The summed E-state index contributed by atoms with van der Waals surface area (Å²) in [4.78, 5) is 38.8. The third-order valence-corrected chi connectivity index (χ3v) is 11.2. The van der Waals surface area contributed by atoms with E-state index in [-0.39, 0.29) is 36.2 Å². The summed E-state index contributed by atoms with van der Waals surface area (Å²) in [6, 6.07) is 5.08. The Hall–Kier alpha value is -2.48. The van der Waals surface area contributed by atoms with Crippen molar-refractivity contribution in [3.63, 3.8) is 0 Å². The molecule has 0 spiro atoms. The molecular weight excluding hydrogens is 574 g/mol. The van der Waals surface area contributed by atoms with Gasteiger partial charge in [-0.1, -0.05) is 49.7 Å². The molecule has 2 aliphatic carbocycles. The number of nitrogens with zero attached hydrogens (tertiary/aromatic N) is 1. The van der Waals surface area contributed by atoms with E-state index in [1.807, 2.05) is 6.07 Å². The zero-order valence-electron chi connectivity index (χ0n) is 24.9. The number of fused-ring (bicyclic) bond motifs is 1.